The summed E-state index contributed by atoms with van der Waals surface area (Å²) in [5.41, 5.74) is 4.25. The first-order valence-corrected chi connectivity index (χ1v) is 6.28. The van der Waals surface area contributed by atoms with Gasteiger partial charge in [-0.15, -0.1) is 11.6 Å². The third-order valence-corrected chi connectivity index (χ3v) is 3.68. The first-order chi connectivity index (χ1) is 7.13. The molecule has 0 spiro atoms. The van der Waals surface area contributed by atoms with Gasteiger partial charge >= 0.3 is 0 Å². The summed E-state index contributed by atoms with van der Waals surface area (Å²) >= 11 is 6.14. The zero-order valence-corrected chi connectivity index (χ0v) is 10.3. The molecule has 1 aliphatic carbocycles. The van der Waals surface area contributed by atoms with Gasteiger partial charge in [-0.3, -0.25) is 0 Å². The second kappa shape index (κ2) is 4.57. The van der Waals surface area contributed by atoms with Gasteiger partial charge in [0.1, 0.15) is 0 Å². The van der Waals surface area contributed by atoms with E-state index in [0.29, 0.717) is 5.38 Å². The molecule has 1 saturated carbocycles. The maximum Gasteiger partial charge on any atom is 0.0338 e. The van der Waals surface area contributed by atoms with Crippen molar-refractivity contribution in [3.05, 3.63) is 34.9 Å². The number of hydrogen-bond acceptors (Lipinski definition) is 0. The van der Waals surface area contributed by atoms with Crippen molar-refractivity contribution < 1.29 is 0 Å². The molecule has 1 aromatic rings. The highest BCUT2D eigenvalue weighted by atomic mass is 35.5. The van der Waals surface area contributed by atoms with E-state index >= 15 is 0 Å². The molecule has 82 valence electrons. The Morgan fingerprint density at radius 2 is 1.80 bits per heavy atom. The highest BCUT2D eigenvalue weighted by Crippen LogP contribution is 2.32. The summed E-state index contributed by atoms with van der Waals surface area (Å²) < 4.78 is 0. The maximum atomic E-state index is 6.14. The molecule has 1 aromatic carbocycles. The Morgan fingerprint density at radius 1 is 1.13 bits per heavy atom. The average molecular weight is 223 g/mol. The molecular formula is C14H19Cl. The van der Waals surface area contributed by atoms with Crippen molar-refractivity contribution in [3.8, 4) is 0 Å². The van der Waals surface area contributed by atoms with Crippen molar-refractivity contribution in [3.63, 3.8) is 0 Å². The molecule has 0 nitrogen and oxygen atoms in total. The van der Waals surface area contributed by atoms with Gasteiger partial charge in [-0.1, -0.05) is 29.3 Å². The van der Waals surface area contributed by atoms with Crippen LogP contribution >= 0.6 is 11.6 Å². The number of hydrogen-bond donors (Lipinski definition) is 0. The van der Waals surface area contributed by atoms with E-state index in [1.54, 1.807) is 0 Å². The number of halogens is 1. The molecule has 1 aliphatic rings. The zero-order chi connectivity index (χ0) is 10.8. The fraction of sp³-hybridized carbons (Fsp3) is 0.571. The summed E-state index contributed by atoms with van der Waals surface area (Å²) in [5.74, 6) is 0.814. The van der Waals surface area contributed by atoms with Crippen LogP contribution in [0.2, 0.25) is 0 Å². The van der Waals surface area contributed by atoms with E-state index in [0.717, 1.165) is 5.92 Å². The Labute approximate surface area is 97.6 Å². The third kappa shape index (κ3) is 2.98. The highest BCUT2D eigenvalue weighted by molar-refractivity contribution is 6.20. The van der Waals surface area contributed by atoms with Gasteiger partial charge in [0.25, 0.3) is 0 Å². The normalized spacial score (nSPS) is 25.8. The Kier molecular flexibility index (Phi) is 3.35. The van der Waals surface area contributed by atoms with Gasteiger partial charge in [-0.2, -0.15) is 0 Å². The molecule has 0 amide bonds. The maximum absolute atomic E-state index is 6.14. The highest BCUT2D eigenvalue weighted by Gasteiger charge is 2.22. The van der Waals surface area contributed by atoms with E-state index in [1.165, 1.54) is 42.4 Å². The standard InChI is InChI=1S/C14H19Cl/c1-10-5-11(2)7-13(6-10)8-12-3-4-14(15)9-12/h5-7,12,14H,3-4,8-9H2,1-2H3. The largest absolute Gasteiger partial charge is 0.123 e. The van der Waals surface area contributed by atoms with Crippen LogP contribution in [0, 0.1) is 19.8 Å². The smallest absolute Gasteiger partial charge is 0.0338 e. The third-order valence-electron chi connectivity index (χ3n) is 3.28. The lowest BCUT2D eigenvalue weighted by atomic mass is 9.96. The van der Waals surface area contributed by atoms with Crippen molar-refractivity contribution in [1.82, 2.24) is 0 Å². The summed E-state index contributed by atoms with van der Waals surface area (Å²) in [6.07, 6.45) is 4.93. The molecule has 2 rings (SSSR count). The zero-order valence-electron chi connectivity index (χ0n) is 9.59. The summed E-state index contributed by atoms with van der Waals surface area (Å²) in [6.45, 7) is 4.35. The van der Waals surface area contributed by atoms with Gasteiger partial charge in [0.15, 0.2) is 0 Å². The molecule has 2 atom stereocenters. The van der Waals surface area contributed by atoms with Crippen LogP contribution in [0.4, 0.5) is 0 Å². The minimum absolute atomic E-state index is 0.431. The van der Waals surface area contributed by atoms with E-state index in [1.807, 2.05) is 0 Å². The van der Waals surface area contributed by atoms with E-state index in [2.05, 4.69) is 32.0 Å². The number of aryl methyl sites for hydroxylation is 2. The van der Waals surface area contributed by atoms with Gasteiger partial charge in [-0.25, -0.2) is 0 Å². The van der Waals surface area contributed by atoms with E-state index < -0.39 is 0 Å². The predicted molar refractivity (Wildman–Crippen MR) is 66.6 cm³/mol. The summed E-state index contributed by atoms with van der Waals surface area (Å²) in [6, 6.07) is 6.87. The second-order valence-electron chi connectivity index (χ2n) is 4.98. The van der Waals surface area contributed by atoms with Gasteiger partial charge in [0.05, 0.1) is 0 Å². The molecule has 0 aromatic heterocycles. The summed E-state index contributed by atoms with van der Waals surface area (Å²) in [5, 5.41) is 0.431. The van der Waals surface area contributed by atoms with Crippen LogP contribution in [0.5, 0.6) is 0 Å². The van der Waals surface area contributed by atoms with Crippen molar-refractivity contribution in [1.29, 1.82) is 0 Å². The van der Waals surface area contributed by atoms with Crippen molar-refractivity contribution >= 4 is 11.6 Å². The fourth-order valence-electron chi connectivity index (χ4n) is 2.72. The molecule has 0 aliphatic heterocycles. The second-order valence-corrected chi connectivity index (χ2v) is 5.59. The number of alkyl halides is 1. The summed E-state index contributed by atoms with van der Waals surface area (Å²) in [7, 11) is 0. The minimum Gasteiger partial charge on any atom is -0.123 e. The SMILES string of the molecule is Cc1cc(C)cc(CC2CCC(Cl)C2)c1. The topological polar surface area (TPSA) is 0 Å². The van der Waals surface area contributed by atoms with E-state index in [9.17, 15) is 0 Å². The van der Waals surface area contributed by atoms with Crippen molar-refractivity contribution in [2.45, 2.75) is 44.9 Å². The molecule has 15 heavy (non-hydrogen) atoms. The van der Waals surface area contributed by atoms with Crippen LogP contribution in [-0.4, -0.2) is 5.38 Å². The monoisotopic (exact) mass is 222 g/mol. The Bertz CT molecular complexity index is 323. The molecule has 0 saturated heterocycles. The fourth-order valence-corrected chi connectivity index (χ4v) is 3.10. The first-order valence-electron chi connectivity index (χ1n) is 5.85. The van der Waals surface area contributed by atoms with Crippen LogP contribution in [0.1, 0.15) is 36.0 Å². The van der Waals surface area contributed by atoms with Crippen LogP contribution < -0.4 is 0 Å². The Balaban J connectivity index is 2.04. The molecule has 0 radical (unpaired) electrons. The lowest BCUT2D eigenvalue weighted by Crippen LogP contribution is -2.01. The van der Waals surface area contributed by atoms with E-state index in [4.69, 9.17) is 11.6 Å². The summed E-state index contributed by atoms with van der Waals surface area (Å²) in [4.78, 5) is 0. The molecule has 1 fully saturated rings. The average Bonchev–Trinajstić information content (AvgIpc) is 2.49. The molecular weight excluding hydrogens is 204 g/mol. The van der Waals surface area contributed by atoms with Crippen LogP contribution in [0.15, 0.2) is 18.2 Å². The van der Waals surface area contributed by atoms with Crippen LogP contribution in [0.3, 0.4) is 0 Å². The lowest BCUT2D eigenvalue weighted by molar-refractivity contribution is 0.547. The van der Waals surface area contributed by atoms with Gasteiger partial charge < -0.3 is 0 Å². The van der Waals surface area contributed by atoms with Gasteiger partial charge in [0, 0.05) is 5.38 Å². The lowest BCUT2D eigenvalue weighted by Gasteiger charge is -2.10. The molecule has 2 unspecified atom stereocenters. The van der Waals surface area contributed by atoms with Crippen LogP contribution in [-0.2, 0) is 6.42 Å². The first kappa shape index (κ1) is 11.0. The number of rotatable bonds is 2. The molecule has 1 heteroatoms. The molecule has 0 N–H and O–H groups in total. The van der Waals surface area contributed by atoms with Crippen LogP contribution in [0.25, 0.3) is 0 Å². The Hall–Kier alpha value is -0.490. The number of benzene rings is 1. The Morgan fingerprint density at radius 3 is 2.33 bits per heavy atom. The van der Waals surface area contributed by atoms with Crippen molar-refractivity contribution in [2.75, 3.05) is 0 Å². The van der Waals surface area contributed by atoms with Crippen molar-refractivity contribution in [2.24, 2.45) is 5.92 Å². The van der Waals surface area contributed by atoms with Gasteiger partial charge in [0.2, 0.25) is 0 Å². The minimum atomic E-state index is 0.431. The molecule has 0 bridgehead atoms. The predicted octanol–water partition coefficient (Wildman–Crippen LogP) is 4.25. The quantitative estimate of drug-likeness (QED) is 0.657. The van der Waals surface area contributed by atoms with E-state index in [-0.39, 0.29) is 0 Å². The molecule has 0 heterocycles. The van der Waals surface area contributed by atoms with Gasteiger partial charge in [-0.05, 0) is 51.0 Å².